The van der Waals surface area contributed by atoms with E-state index < -0.39 is 9.84 Å². The van der Waals surface area contributed by atoms with Gasteiger partial charge in [-0.3, -0.25) is 0 Å². The minimum atomic E-state index is -3.23. The summed E-state index contributed by atoms with van der Waals surface area (Å²) in [5, 5.41) is 0.887. The average molecular weight is 237 g/mol. The lowest BCUT2D eigenvalue weighted by Gasteiger charge is -1.90. The van der Waals surface area contributed by atoms with E-state index in [0.29, 0.717) is 16.1 Å². The zero-order chi connectivity index (χ0) is 9.64. The monoisotopic (exact) mass is 236 g/mol. The van der Waals surface area contributed by atoms with Gasteiger partial charge in [0.25, 0.3) is 0 Å². The third-order valence-corrected chi connectivity index (χ3v) is 4.52. The van der Waals surface area contributed by atoms with Gasteiger partial charge in [-0.1, -0.05) is 11.6 Å². The van der Waals surface area contributed by atoms with Crippen molar-refractivity contribution >= 4 is 44.0 Å². The number of aromatic amines is 1. The molecule has 0 fully saturated rings. The molecule has 0 unspecified atom stereocenters. The molecule has 0 radical (unpaired) electrons. The van der Waals surface area contributed by atoms with Gasteiger partial charge in [0.1, 0.15) is 0 Å². The molecule has 0 aliphatic rings. The van der Waals surface area contributed by atoms with Gasteiger partial charge in [-0.2, -0.15) is 4.37 Å². The van der Waals surface area contributed by atoms with Crippen LogP contribution in [0.15, 0.2) is 10.4 Å². The predicted molar refractivity (Wildman–Crippen MR) is 52.1 cm³/mol. The maximum atomic E-state index is 11.3. The van der Waals surface area contributed by atoms with Gasteiger partial charge in [-0.25, -0.2) is 8.42 Å². The normalized spacial score (nSPS) is 12.5. The highest BCUT2D eigenvalue weighted by Crippen LogP contribution is 2.32. The predicted octanol–water partition coefficient (Wildman–Crippen LogP) is 1.68. The molecular weight excluding hydrogens is 232 g/mol. The van der Waals surface area contributed by atoms with Crippen molar-refractivity contribution in [3.63, 3.8) is 0 Å². The molecule has 13 heavy (non-hydrogen) atoms. The van der Waals surface area contributed by atoms with Gasteiger partial charge in [0.15, 0.2) is 19.7 Å². The van der Waals surface area contributed by atoms with Crippen LogP contribution >= 0.6 is 23.1 Å². The average Bonchev–Trinajstić information content (AvgIpc) is 2.51. The van der Waals surface area contributed by atoms with Crippen molar-refractivity contribution in [2.24, 2.45) is 0 Å². The minimum Gasteiger partial charge on any atom is -0.344 e. The molecule has 0 amide bonds. The molecule has 0 aromatic carbocycles. The van der Waals surface area contributed by atoms with Crippen LogP contribution in [0, 0.1) is 0 Å². The summed E-state index contributed by atoms with van der Waals surface area (Å²) in [7, 11) is -3.23. The molecule has 0 aliphatic carbocycles. The number of aromatic nitrogens is 2. The zero-order valence-corrected chi connectivity index (χ0v) is 8.92. The number of rotatable bonds is 1. The third kappa shape index (κ3) is 1.34. The maximum Gasteiger partial charge on any atom is 0.187 e. The first-order valence-corrected chi connectivity index (χ1v) is 6.37. The van der Waals surface area contributed by atoms with Crippen LogP contribution in [0.2, 0.25) is 5.02 Å². The summed E-state index contributed by atoms with van der Waals surface area (Å²) in [5.74, 6) is 0. The Kier molecular flexibility index (Phi) is 1.86. The maximum absolute atomic E-state index is 11.3. The van der Waals surface area contributed by atoms with Gasteiger partial charge in [0, 0.05) is 12.5 Å². The summed E-state index contributed by atoms with van der Waals surface area (Å²) in [5.41, 5.74) is 0.524. The highest BCUT2D eigenvalue weighted by Gasteiger charge is 2.19. The van der Waals surface area contributed by atoms with E-state index in [1.54, 1.807) is 0 Å². The Morgan fingerprint density at radius 3 is 2.92 bits per heavy atom. The molecule has 2 heterocycles. The molecule has 70 valence electrons. The van der Waals surface area contributed by atoms with Gasteiger partial charge >= 0.3 is 0 Å². The van der Waals surface area contributed by atoms with Crippen LogP contribution in [0.4, 0.5) is 0 Å². The van der Waals surface area contributed by atoms with E-state index in [9.17, 15) is 8.42 Å². The molecule has 0 saturated carbocycles. The molecule has 2 aromatic heterocycles. The molecule has 2 rings (SSSR count). The van der Waals surface area contributed by atoms with Crippen molar-refractivity contribution in [1.82, 2.24) is 9.36 Å². The molecule has 0 spiro atoms. The van der Waals surface area contributed by atoms with Crippen molar-refractivity contribution in [1.29, 1.82) is 0 Å². The van der Waals surface area contributed by atoms with E-state index in [2.05, 4.69) is 9.36 Å². The number of H-pyrrole nitrogens is 1. The Morgan fingerprint density at radius 1 is 1.62 bits per heavy atom. The van der Waals surface area contributed by atoms with Crippen molar-refractivity contribution in [2.45, 2.75) is 4.21 Å². The van der Waals surface area contributed by atoms with Crippen LogP contribution in [0.1, 0.15) is 0 Å². The molecule has 2 aromatic rings. The Morgan fingerprint density at radius 2 is 2.31 bits per heavy atom. The first-order chi connectivity index (χ1) is 6.00. The Hall–Kier alpha value is -0.590. The first kappa shape index (κ1) is 8.98. The van der Waals surface area contributed by atoms with Crippen molar-refractivity contribution < 1.29 is 8.42 Å². The summed E-state index contributed by atoms with van der Waals surface area (Å²) in [6.45, 7) is 0. The molecular formula is C6H5ClN2O2S2. The highest BCUT2D eigenvalue weighted by molar-refractivity contribution is 7.92. The number of nitrogens with zero attached hydrogens (tertiary/aromatic N) is 1. The minimum absolute atomic E-state index is 0.216. The SMILES string of the molecule is CS(=O)(=O)c1snc2[nH]cc(Cl)c12. The molecule has 4 nitrogen and oxygen atoms in total. The van der Waals surface area contributed by atoms with Gasteiger partial charge in [0.2, 0.25) is 0 Å². The lowest BCUT2D eigenvalue weighted by Crippen LogP contribution is -1.93. The van der Waals surface area contributed by atoms with Gasteiger partial charge in [-0.15, -0.1) is 0 Å². The number of hydrogen-bond acceptors (Lipinski definition) is 4. The van der Waals surface area contributed by atoms with Crippen LogP contribution in [0.5, 0.6) is 0 Å². The fourth-order valence-electron chi connectivity index (χ4n) is 1.04. The van der Waals surface area contributed by atoms with Gasteiger partial charge in [0.05, 0.1) is 10.4 Å². The first-order valence-electron chi connectivity index (χ1n) is 3.32. The molecule has 0 bridgehead atoms. The quantitative estimate of drug-likeness (QED) is 0.820. The van der Waals surface area contributed by atoms with E-state index in [4.69, 9.17) is 11.6 Å². The van der Waals surface area contributed by atoms with Crippen molar-refractivity contribution in [3.05, 3.63) is 11.2 Å². The zero-order valence-electron chi connectivity index (χ0n) is 6.54. The molecule has 0 aliphatic heterocycles. The van der Waals surface area contributed by atoms with Gasteiger partial charge < -0.3 is 4.98 Å². The summed E-state index contributed by atoms with van der Waals surface area (Å²) in [4.78, 5) is 2.78. The fraction of sp³-hybridized carbons (Fsp3) is 0.167. The summed E-state index contributed by atoms with van der Waals surface area (Å²) in [6, 6.07) is 0. The van der Waals surface area contributed by atoms with Crippen LogP contribution in [0.25, 0.3) is 11.0 Å². The second kappa shape index (κ2) is 2.70. The second-order valence-electron chi connectivity index (χ2n) is 2.60. The van der Waals surface area contributed by atoms with E-state index in [0.717, 1.165) is 17.8 Å². The van der Waals surface area contributed by atoms with E-state index >= 15 is 0 Å². The number of sulfone groups is 1. The molecule has 1 N–H and O–H groups in total. The number of hydrogen-bond donors (Lipinski definition) is 1. The van der Waals surface area contributed by atoms with Crippen LogP contribution in [0.3, 0.4) is 0 Å². The van der Waals surface area contributed by atoms with Crippen LogP contribution in [-0.4, -0.2) is 24.0 Å². The van der Waals surface area contributed by atoms with Crippen molar-refractivity contribution in [2.75, 3.05) is 6.26 Å². The number of nitrogens with one attached hydrogen (secondary N) is 1. The lowest BCUT2D eigenvalue weighted by atomic mass is 10.5. The molecule has 0 saturated heterocycles. The fourth-order valence-corrected chi connectivity index (χ4v) is 3.24. The van der Waals surface area contributed by atoms with Gasteiger partial charge in [-0.05, 0) is 11.5 Å². The van der Waals surface area contributed by atoms with Crippen LogP contribution in [-0.2, 0) is 9.84 Å². The van der Waals surface area contributed by atoms with E-state index in [1.165, 1.54) is 6.20 Å². The van der Waals surface area contributed by atoms with E-state index in [1.807, 2.05) is 0 Å². The third-order valence-electron chi connectivity index (χ3n) is 1.57. The smallest absolute Gasteiger partial charge is 0.187 e. The highest BCUT2D eigenvalue weighted by atomic mass is 35.5. The molecule has 7 heteroatoms. The summed E-state index contributed by atoms with van der Waals surface area (Å²) >= 11 is 6.73. The Balaban J connectivity index is 2.92. The Bertz CT molecular complexity index is 554. The largest absolute Gasteiger partial charge is 0.344 e. The van der Waals surface area contributed by atoms with Crippen molar-refractivity contribution in [3.8, 4) is 0 Å². The lowest BCUT2D eigenvalue weighted by molar-refractivity contribution is 0.604. The number of halogens is 1. The Labute approximate surface area is 83.6 Å². The molecule has 0 atom stereocenters. The van der Waals surface area contributed by atoms with E-state index in [-0.39, 0.29) is 4.21 Å². The summed E-state index contributed by atoms with van der Waals surface area (Å²) in [6.07, 6.45) is 2.67. The second-order valence-corrected chi connectivity index (χ2v) is 5.99. The van der Waals surface area contributed by atoms with Crippen LogP contribution < -0.4 is 0 Å². The number of fused-ring (bicyclic) bond motifs is 1. The summed E-state index contributed by atoms with van der Waals surface area (Å²) < 4.78 is 26.7. The topological polar surface area (TPSA) is 62.8 Å². The standard InChI is InChI=1S/C6H5ClN2O2S2/c1-13(10,11)6-4-3(7)2-8-5(4)9-12-6/h2H,1H3,(H,8,9).